The lowest BCUT2D eigenvalue weighted by molar-refractivity contribution is -0.137. The second kappa shape index (κ2) is 14.2. The highest BCUT2D eigenvalue weighted by Gasteiger charge is 2.34. The third kappa shape index (κ3) is 9.07. The summed E-state index contributed by atoms with van der Waals surface area (Å²) < 4.78 is 46.2. The first-order chi connectivity index (χ1) is 18.2. The zero-order chi connectivity index (χ0) is 27.5. The number of amides is 1. The summed E-state index contributed by atoms with van der Waals surface area (Å²) in [6.07, 6.45) is -3.55. The standard InChI is InChI=1S/C30H34ClF3N2O2/c1-3-35-28(37)19-23-10-7-14-26(18-23)38-17-9-16-36(20-22(2)24-11-5-4-6-12-24)21-25-13-8-15-27(29(25)31)30(32,33)34/h4-8,10-15,18,22H,3,9,16-17,19-21H2,1-2H3,(H,35,37)/t22-/m1/s1. The summed E-state index contributed by atoms with van der Waals surface area (Å²) in [5, 5.41) is 2.53. The Bertz CT molecular complexity index is 1170. The summed E-state index contributed by atoms with van der Waals surface area (Å²) in [5.41, 5.74) is 1.66. The van der Waals surface area contributed by atoms with E-state index in [-0.39, 0.29) is 23.3 Å². The van der Waals surface area contributed by atoms with Crippen molar-refractivity contribution in [3.63, 3.8) is 0 Å². The van der Waals surface area contributed by atoms with E-state index in [4.69, 9.17) is 16.3 Å². The molecule has 3 aromatic rings. The highest BCUT2D eigenvalue weighted by Crippen LogP contribution is 2.36. The Morgan fingerprint density at radius 1 is 1.05 bits per heavy atom. The van der Waals surface area contributed by atoms with Crippen LogP contribution in [0.5, 0.6) is 5.75 Å². The van der Waals surface area contributed by atoms with Crippen molar-refractivity contribution < 1.29 is 22.7 Å². The van der Waals surface area contributed by atoms with Gasteiger partial charge in [-0.25, -0.2) is 0 Å². The van der Waals surface area contributed by atoms with Gasteiger partial charge in [0.05, 0.1) is 23.6 Å². The number of likely N-dealkylation sites (N-methyl/N-ethyl adjacent to an activating group) is 1. The van der Waals surface area contributed by atoms with Gasteiger partial charge in [-0.15, -0.1) is 0 Å². The van der Waals surface area contributed by atoms with E-state index >= 15 is 0 Å². The lowest BCUT2D eigenvalue weighted by Crippen LogP contribution is -2.30. The van der Waals surface area contributed by atoms with Crippen molar-refractivity contribution in [3.8, 4) is 5.75 Å². The number of rotatable bonds is 13. The van der Waals surface area contributed by atoms with E-state index in [1.807, 2.05) is 49.4 Å². The molecule has 0 fully saturated rings. The van der Waals surface area contributed by atoms with Crippen molar-refractivity contribution in [2.75, 3.05) is 26.2 Å². The highest BCUT2D eigenvalue weighted by atomic mass is 35.5. The normalized spacial score (nSPS) is 12.4. The van der Waals surface area contributed by atoms with Crippen LogP contribution in [0, 0.1) is 0 Å². The van der Waals surface area contributed by atoms with E-state index in [1.54, 1.807) is 6.07 Å². The van der Waals surface area contributed by atoms with Gasteiger partial charge in [-0.2, -0.15) is 13.2 Å². The summed E-state index contributed by atoms with van der Waals surface area (Å²) in [5.74, 6) is 0.811. The van der Waals surface area contributed by atoms with Gasteiger partial charge in [0, 0.05) is 26.2 Å². The Morgan fingerprint density at radius 2 is 1.79 bits per heavy atom. The number of nitrogens with one attached hydrogen (secondary N) is 1. The molecule has 0 spiro atoms. The molecule has 0 saturated heterocycles. The predicted octanol–water partition coefficient (Wildman–Crippen LogP) is 7.11. The SMILES string of the molecule is CCNC(=O)Cc1cccc(OCCCN(Cc2cccc(C(F)(F)F)c2Cl)C[C@@H](C)c2ccccc2)c1. The number of benzene rings is 3. The summed E-state index contributed by atoms with van der Waals surface area (Å²) in [6.45, 7) is 6.55. The first-order valence-corrected chi connectivity index (χ1v) is 13.2. The smallest absolute Gasteiger partial charge is 0.417 e. The molecule has 38 heavy (non-hydrogen) atoms. The summed E-state index contributed by atoms with van der Waals surface area (Å²) in [6, 6.07) is 21.5. The molecule has 0 heterocycles. The maximum absolute atomic E-state index is 13.4. The molecule has 0 aliphatic heterocycles. The van der Waals surface area contributed by atoms with Gasteiger partial charge < -0.3 is 10.1 Å². The minimum Gasteiger partial charge on any atom is -0.494 e. The third-order valence-corrected chi connectivity index (χ3v) is 6.65. The molecular formula is C30H34ClF3N2O2. The van der Waals surface area contributed by atoms with E-state index in [0.717, 1.165) is 17.2 Å². The molecule has 4 nitrogen and oxygen atoms in total. The van der Waals surface area contributed by atoms with Crippen LogP contribution in [0.3, 0.4) is 0 Å². The molecule has 0 aliphatic carbocycles. The zero-order valence-electron chi connectivity index (χ0n) is 21.7. The number of ether oxygens (including phenoxy) is 1. The molecule has 0 radical (unpaired) electrons. The van der Waals surface area contributed by atoms with Crippen LogP contribution in [-0.4, -0.2) is 37.0 Å². The van der Waals surface area contributed by atoms with Crippen molar-refractivity contribution in [1.82, 2.24) is 10.2 Å². The van der Waals surface area contributed by atoms with Crippen LogP contribution in [0.15, 0.2) is 72.8 Å². The quantitative estimate of drug-likeness (QED) is 0.232. The molecule has 3 rings (SSSR count). The number of hydrogen-bond donors (Lipinski definition) is 1. The molecular weight excluding hydrogens is 513 g/mol. The maximum Gasteiger partial charge on any atom is 0.417 e. The summed E-state index contributed by atoms with van der Waals surface area (Å²) in [4.78, 5) is 14.0. The summed E-state index contributed by atoms with van der Waals surface area (Å²) in [7, 11) is 0. The van der Waals surface area contributed by atoms with Gasteiger partial charge in [-0.3, -0.25) is 9.69 Å². The number of carbonyl (C=O) groups excluding carboxylic acids is 1. The zero-order valence-corrected chi connectivity index (χ0v) is 22.5. The Morgan fingerprint density at radius 3 is 2.50 bits per heavy atom. The van der Waals surface area contributed by atoms with Crippen LogP contribution in [0.1, 0.15) is 48.4 Å². The Labute approximate surface area is 227 Å². The van der Waals surface area contributed by atoms with Gasteiger partial charge in [0.1, 0.15) is 5.75 Å². The van der Waals surface area contributed by atoms with Gasteiger partial charge in [0.15, 0.2) is 0 Å². The summed E-state index contributed by atoms with van der Waals surface area (Å²) >= 11 is 6.20. The Hall–Kier alpha value is -3.03. The minimum atomic E-state index is -4.51. The first kappa shape index (κ1) is 29.5. The molecule has 0 bridgehead atoms. The van der Waals surface area contributed by atoms with Crippen molar-refractivity contribution in [2.24, 2.45) is 0 Å². The molecule has 0 aromatic heterocycles. The van der Waals surface area contributed by atoms with Gasteiger partial charge in [0.2, 0.25) is 5.91 Å². The van der Waals surface area contributed by atoms with Crippen molar-refractivity contribution in [3.05, 3.63) is 100 Å². The Kier molecular flexibility index (Phi) is 11.0. The molecule has 204 valence electrons. The third-order valence-electron chi connectivity index (χ3n) is 6.20. The second-order valence-corrected chi connectivity index (χ2v) is 9.68. The van der Waals surface area contributed by atoms with Crippen molar-refractivity contribution in [2.45, 2.75) is 45.3 Å². The van der Waals surface area contributed by atoms with Gasteiger partial charge in [-0.05, 0) is 54.2 Å². The molecule has 0 saturated carbocycles. The minimum absolute atomic E-state index is 0.0407. The van der Waals surface area contributed by atoms with Gasteiger partial charge in [0.25, 0.3) is 0 Å². The fourth-order valence-corrected chi connectivity index (χ4v) is 4.63. The van der Waals surface area contributed by atoms with E-state index in [1.165, 1.54) is 6.07 Å². The first-order valence-electron chi connectivity index (χ1n) is 12.8. The number of hydrogen-bond acceptors (Lipinski definition) is 3. The second-order valence-electron chi connectivity index (χ2n) is 9.30. The van der Waals surface area contributed by atoms with Crippen LogP contribution in [0.25, 0.3) is 0 Å². The maximum atomic E-state index is 13.4. The molecule has 0 aliphatic rings. The van der Waals surface area contributed by atoms with Gasteiger partial charge in [-0.1, -0.05) is 73.1 Å². The largest absolute Gasteiger partial charge is 0.494 e. The fourth-order valence-electron chi connectivity index (χ4n) is 4.34. The fraction of sp³-hybridized carbons (Fsp3) is 0.367. The van der Waals surface area contributed by atoms with Crippen LogP contribution in [0.2, 0.25) is 5.02 Å². The molecule has 1 amide bonds. The molecule has 3 aromatic carbocycles. The number of nitrogens with zero attached hydrogens (tertiary/aromatic N) is 1. The van der Waals surface area contributed by atoms with E-state index in [2.05, 4.69) is 29.3 Å². The average molecular weight is 547 g/mol. The molecule has 0 unspecified atom stereocenters. The number of halogens is 4. The molecule has 1 atom stereocenters. The van der Waals surface area contributed by atoms with Crippen molar-refractivity contribution in [1.29, 1.82) is 0 Å². The van der Waals surface area contributed by atoms with Crippen LogP contribution in [0.4, 0.5) is 13.2 Å². The van der Waals surface area contributed by atoms with E-state index < -0.39 is 11.7 Å². The van der Waals surface area contributed by atoms with Crippen molar-refractivity contribution >= 4 is 17.5 Å². The van der Waals surface area contributed by atoms with E-state index in [9.17, 15) is 18.0 Å². The average Bonchev–Trinajstić information content (AvgIpc) is 2.88. The lowest BCUT2D eigenvalue weighted by Gasteiger charge is -2.27. The molecule has 8 heteroatoms. The predicted molar refractivity (Wildman–Crippen MR) is 146 cm³/mol. The highest BCUT2D eigenvalue weighted by molar-refractivity contribution is 6.32. The molecule has 1 N–H and O–H groups in total. The van der Waals surface area contributed by atoms with Gasteiger partial charge >= 0.3 is 6.18 Å². The topological polar surface area (TPSA) is 41.6 Å². The number of alkyl halides is 3. The monoisotopic (exact) mass is 546 g/mol. The Balaban J connectivity index is 1.65. The lowest BCUT2D eigenvalue weighted by atomic mass is 10.00. The number of carbonyl (C=O) groups is 1. The van der Waals surface area contributed by atoms with E-state index in [0.29, 0.717) is 50.5 Å². The van der Waals surface area contributed by atoms with Crippen LogP contribution in [-0.2, 0) is 23.9 Å². The van der Waals surface area contributed by atoms with Crippen LogP contribution < -0.4 is 10.1 Å². The van der Waals surface area contributed by atoms with Crippen LogP contribution >= 0.6 is 11.6 Å².